The van der Waals surface area contributed by atoms with Gasteiger partial charge in [-0.3, -0.25) is 9.69 Å². The van der Waals surface area contributed by atoms with E-state index in [1.54, 1.807) is 31.2 Å². The first kappa shape index (κ1) is 23.9. The molecule has 4 rings (SSSR count). The first-order valence-electron chi connectivity index (χ1n) is 10.7. The summed E-state index contributed by atoms with van der Waals surface area (Å²) in [6, 6.07) is 15.1. The first-order valence-corrected chi connectivity index (χ1v) is 11.5. The van der Waals surface area contributed by atoms with Gasteiger partial charge in [-0.25, -0.2) is 4.79 Å². The Hall–Kier alpha value is -3.28. The number of amides is 1. The molecule has 0 unspecified atom stereocenters. The summed E-state index contributed by atoms with van der Waals surface area (Å²) < 4.78 is 7.15. The van der Waals surface area contributed by atoms with Crippen molar-refractivity contribution in [3.63, 3.8) is 0 Å². The number of aryl methyl sites for hydroxylation is 2. The van der Waals surface area contributed by atoms with Crippen molar-refractivity contribution in [1.82, 2.24) is 4.57 Å². The van der Waals surface area contributed by atoms with Crippen LogP contribution < -0.4 is 4.90 Å². The van der Waals surface area contributed by atoms with Crippen molar-refractivity contribution >= 4 is 46.8 Å². The Balaban J connectivity index is 1.87. The molecule has 0 radical (unpaired) electrons. The molecular formula is C27H24Cl2N2O3. The molecule has 5 nitrogen and oxygen atoms in total. The molecule has 0 fully saturated rings. The van der Waals surface area contributed by atoms with Gasteiger partial charge in [0.1, 0.15) is 0 Å². The lowest BCUT2D eigenvalue weighted by molar-refractivity contribution is -0.136. The summed E-state index contributed by atoms with van der Waals surface area (Å²) >= 11 is 12.4. The van der Waals surface area contributed by atoms with Gasteiger partial charge in [-0.15, -0.1) is 0 Å². The lowest BCUT2D eigenvalue weighted by atomic mass is 10.0. The lowest BCUT2D eigenvalue weighted by Gasteiger charge is -2.18. The number of benzene rings is 2. The highest BCUT2D eigenvalue weighted by molar-refractivity contribution is 6.35. The standard InChI is InChI=1S/C27H24Cl2N2O3/c1-15-7-6-8-22(9-15)30-16(2)10-19(17(30)3)11-24-25(27(33)34-5)18(4)31(26(24)32)23-13-20(28)12-21(29)14-23/h6-14H,1-5H3/b24-11-. The van der Waals surface area contributed by atoms with E-state index in [0.29, 0.717) is 21.4 Å². The fraction of sp³-hybridized carbons (Fsp3) is 0.185. The number of carbonyl (C=O) groups excluding carboxylic acids is 2. The van der Waals surface area contributed by atoms with Gasteiger partial charge in [-0.05, 0) is 81.3 Å². The van der Waals surface area contributed by atoms with E-state index in [-0.39, 0.29) is 17.1 Å². The molecule has 2 aromatic carbocycles. The molecule has 0 saturated carbocycles. The summed E-state index contributed by atoms with van der Waals surface area (Å²) in [4.78, 5) is 27.8. The zero-order valence-electron chi connectivity index (χ0n) is 19.6. The molecule has 1 aromatic heterocycles. The predicted octanol–water partition coefficient (Wildman–Crippen LogP) is 6.59. The van der Waals surface area contributed by atoms with Crippen LogP contribution >= 0.6 is 23.2 Å². The van der Waals surface area contributed by atoms with Crippen LogP contribution in [0.3, 0.4) is 0 Å². The number of halogens is 2. The van der Waals surface area contributed by atoms with Crippen molar-refractivity contribution < 1.29 is 14.3 Å². The van der Waals surface area contributed by atoms with Gasteiger partial charge in [0.2, 0.25) is 0 Å². The third-order valence-corrected chi connectivity index (χ3v) is 6.36. The number of anilines is 1. The zero-order chi connectivity index (χ0) is 24.7. The van der Waals surface area contributed by atoms with Gasteiger partial charge in [0, 0.05) is 32.8 Å². The minimum Gasteiger partial charge on any atom is -0.465 e. The number of esters is 1. The summed E-state index contributed by atoms with van der Waals surface area (Å²) in [7, 11) is 1.30. The van der Waals surface area contributed by atoms with Gasteiger partial charge < -0.3 is 9.30 Å². The number of rotatable bonds is 4. The predicted molar refractivity (Wildman–Crippen MR) is 137 cm³/mol. The Morgan fingerprint density at radius 1 is 0.941 bits per heavy atom. The van der Waals surface area contributed by atoms with Crippen LogP contribution in [0.25, 0.3) is 11.8 Å². The van der Waals surface area contributed by atoms with E-state index < -0.39 is 5.97 Å². The van der Waals surface area contributed by atoms with Crippen molar-refractivity contribution in [2.75, 3.05) is 12.0 Å². The summed E-state index contributed by atoms with van der Waals surface area (Å²) in [6.45, 7) is 7.75. The Bertz CT molecular complexity index is 1380. The molecule has 0 atom stereocenters. The number of allylic oxidation sites excluding steroid dienone is 1. The normalized spacial score (nSPS) is 15.0. The highest BCUT2D eigenvalue weighted by Crippen LogP contribution is 2.38. The van der Waals surface area contributed by atoms with Crippen molar-refractivity contribution in [2.45, 2.75) is 27.7 Å². The van der Waals surface area contributed by atoms with E-state index >= 15 is 0 Å². The molecule has 1 aliphatic rings. The Kier molecular flexibility index (Phi) is 6.43. The maximum Gasteiger partial charge on any atom is 0.340 e. The highest BCUT2D eigenvalue weighted by atomic mass is 35.5. The largest absolute Gasteiger partial charge is 0.465 e. The zero-order valence-corrected chi connectivity index (χ0v) is 21.1. The maximum atomic E-state index is 13.6. The van der Waals surface area contributed by atoms with Crippen LogP contribution in [0.1, 0.15) is 29.4 Å². The topological polar surface area (TPSA) is 51.5 Å². The smallest absolute Gasteiger partial charge is 0.340 e. The fourth-order valence-corrected chi connectivity index (χ4v) is 4.93. The van der Waals surface area contributed by atoms with Gasteiger partial charge in [0.05, 0.1) is 23.9 Å². The monoisotopic (exact) mass is 494 g/mol. The number of aromatic nitrogens is 1. The second kappa shape index (κ2) is 9.16. The minimum atomic E-state index is -0.583. The van der Waals surface area contributed by atoms with E-state index in [0.717, 1.165) is 28.2 Å². The summed E-state index contributed by atoms with van der Waals surface area (Å²) in [5.74, 6) is -0.934. The molecule has 0 bridgehead atoms. The number of hydrogen-bond donors (Lipinski definition) is 0. The van der Waals surface area contributed by atoms with Crippen LogP contribution in [0.5, 0.6) is 0 Å². The first-order chi connectivity index (χ1) is 16.1. The van der Waals surface area contributed by atoms with Crippen molar-refractivity contribution in [1.29, 1.82) is 0 Å². The van der Waals surface area contributed by atoms with Crippen molar-refractivity contribution in [2.24, 2.45) is 0 Å². The molecule has 0 spiro atoms. The number of ether oxygens (including phenoxy) is 1. The highest BCUT2D eigenvalue weighted by Gasteiger charge is 2.38. The molecule has 1 aliphatic heterocycles. The van der Waals surface area contributed by atoms with Gasteiger partial charge in [-0.1, -0.05) is 35.3 Å². The Morgan fingerprint density at radius 3 is 2.24 bits per heavy atom. The van der Waals surface area contributed by atoms with Gasteiger partial charge in [-0.2, -0.15) is 0 Å². The molecule has 34 heavy (non-hydrogen) atoms. The minimum absolute atomic E-state index is 0.212. The Morgan fingerprint density at radius 2 is 1.62 bits per heavy atom. The average molecular weight is 495 g/mol. The van der Waals surface area contributed by atoms with E-state index in [4.69, 9.17) is 27.9 Å². The molecule has 2 heterocycles. The quantitative estimate of drug-likeness (QED) is 0.303. The molecule has 1 amide bonds. The number of hydrogen-bond acceptors (Lipinski definition) is 3. The number of methoxy groups -OCH3 is 1. The second-order valence-electron chi connectivity index (χ2n) is 8.28. The lowest BCUT2D eigenvalue weighted by Crippen LogP contribution is -2.24. The Labute approximate surface area is 208 Å². The van der Waals surface area contributed by atoms with Crippen LogP contribution in [0.4, 0.5) is 5.69 Å². The van der Waals surface area contributed by atoms with Gasteiger partial charge in [0.25, 0.3) is 5.91 Å². The fourth-order valence-electron chi connectivity index (χ4n) is 4.41. The summed E-state index contributed by atoms with van der Waals surface area (Å²) in [5, 5.41) is 0.781. The van der Waals surface area contributed by atoms with Crippen LogP contribution in [-0.2, 0) is 14.3 Å². The molecular weight excluding hydrogens is 471 g/mol. The average Bonchev–Trinajstić information content (AvgIpc) is 3.18. The van der Waals surface area contributed by atoms with E-state index in [1.165, 1.54) is 12.0 Å². The van der Waals surface area contributed by atoms with Crippen molar-refractivity contribution in [3.8, 4) is 5.69 Å². The molecule has 0 aliphatic carbocycles. The molecule has 0 saturated heterocycles. The third kappa shape index (κ3) is 4.17. The maximum absolute atomic E-state index is 13.6. The van der Waals surface area contributed by atoms with E-state index in [1.807, 2.05) is 45.0 Å². The molecule has 0 N–H and O–H groups in total. The summed E-state index contributed by atoms with van der Waals surface area (Å²) in [5.41, 5.74) is 6.39. The van der Waals surface area contributed by atoms with Gasteiger partial charge >= 0.3 is 5.97 Å². The van der Waals surface area contributed by atoms with Crippen LogP contribution in [0, 0.1) is 20.8 Å². The third-order valence-electron chi connectivity index (χ3n) is 5.93. The molecule has 7 heteroatoms. The molecule has 174 valence electrons. The molecule has 3 aromatic rings. The van der Waals surface area contributed by atoms with Crippen LogP contribution in [0.15, 0.2) is 65.4 Å². The SMILES string of the molecule is COC(=O)C1=C(C)N(c2cc(Cl)cc(Cl)c2)C(=O)/C1=C\c1cc(C)n(-c2cccc(C)c2)c1C. The van der Waals surface area contributed by atoms with Crippen molar-refractivity contribution in [3.05, 3.63) is 97.9 Å². The second-order valence-corrected chi connectivity index (χ2v) is 9.15. The van der Waals surface area contributed by atoms with Gasteiger partial charge in [0.15, 0.2) is 0 Å². The van der Waals surface area contributed by atoms with E-state index in [2.05, 4.69) is 10.6 Å². The summed E-state index contributed by atoms with van der Waals surface area (Å²) in [6.07, 6.45) is 1.75. The number of nitrogens with zero attached hydrogens (tertiary/aromatic N) is 2. The van der Waals surface area contributed by atoms with E-state index in [9.17, 15) is 9.59 Å². The number of carbonyl (C=O) groups is 2. The van der Waals surface area contributed by atoms with Crippen LogP contribution in [-0.4, -0.2) is 23.6 Å². The van der Waals surface area contributed by atoms with Crippen LogP contribution in [0.2, 0.25) is 10.0 Å².